The van der Waals surface area contributed by atoms with Crippen molar-refractivity contribution in [2.24, 2.45) is 0 Å². The average Bonchev–Trinajstić information content (AvgIpc) is 2.86. The molecular weight excluding hydrogens is 481 g/mol. The summed E-state index contributed by atoms with van der Waals surface area (Å²) in [7, 11) is 0. The molecule has 0 radical (unpaired) electrons. The molecule has 35 heavy (non-hydrogen) atoms. The quantitative estimate of drug-likeness (QED) is 0.292. The summed E-state index contributed by atoms with van der Waals surface area (Å²) < 4.78 is 27.2. The van der Waals surface area contributed by atoms with Gasteiger partial charge in [0.15, 0.2) is 5.82 Å². The number of ether oxygens (including phenoxy) is 2. The van der Waals surface area contributed by atoms with E-state index in [2.05, 4.69) is 13.8 Å². The minimum absolute atomic E-state index is 0.00887. The first-order chi connectivity index (χ1) is 17.0. The first-order valence-electron chi connectivity index (χ1n) is 12.1. The SMILES string of the molecule is CCCC(CC)Oc1ccc(C2=C(c3ccc(OCC)c(Cl)c3F)CSc3cc(N)ccc32)cc1. The van der Waals surface area contributed by atoms with Crippen LogP contribution in [-0.2, 0) is 0 Å². The van der Waals surface area contributed by atoms with Crippen molar-refractivity contribution in [3.05, 3.63) is 82.1 Å². The van der Waals surface area contributed by atoms with Crippen LogP contribution in [0.4, 0.5) is 10.1 Å². The van der Waals surface area contributed by atoms with Crippen LogP contribution in [0.5, 0.6) is 11.5 Å². The number of fused-ring (bicyclic) bond motifs is 1. The normalized spacial score (nSPS) is 14.0. The molecule has 3 aromatic carbocycles. The lowest BCUT2D eigenvalue weighted by atomic mass is 9.89. The summed E-state index contributed by atoms with van der Waals surface area (Å²) in [5.41, 5.74) is 11.1. The molecule has 0 spiro atoms. The third-order valence-electron chi connectivity index (χ3n) is 6.13. The van der Waals surface area contributed by atoms with E-state index < -0.39 is 5.82 Å². The van der Waals surface area contributed by atoms with E-state index in [9.17, 15) is 0 Å². The maximum absolute atomic E-state index is 15.5. The van der Waals surface area contributed by atoms with E-state index in [1.165, 1.54) is 0 Å². The Balaban J connectivity index is 1.82. The van der Waals surface area contributed by atoms with Gasteiger partial charge in [0.25, 0.3) is 0 Å². The molecule has 0 aromatic heterocycles. The molecule has 3 aromatic rings. The highest BCUT2D eigenvalue weighted by molar-refractivity contribution is 7.99. The average molecular weight is 512 g/mol. The zero-order valence-electron chi connectivity index (χ0n) is 20.4. The van der Waals surface area contributed by atoms with Gasteiger partial charge in [0.05, 0.1) is 12.7 Å². The number of nitrogens with two attached hydrogens (primary N) is 1. The Hall–Kier alpha value is -2.63. The molecule has 184 valence electrons. The van der Waals surface area contributed by atoms with E-state index in [4.69, 9.17) is 26.8 Å². The molecule has 2 N–H and O–H groups in total. The molecule has 0 amide bonds. The van der Waals surface area contributed by atoms with E-state index in [-0.39, 0.29) is 11.1 Å². The second-order valence-corrected chi connectivity index (χ2v) is 9.93. The van der Waals surface area contributed by atoms with Gasteiger partial charge in [-0.25, -0.2) is 4.39 Å². The summed E-state index contributed by atoms with van der Waals surface area (Å²) in [6.45, 7) is 6.58. The molecule has 4 rings (SSSR count). The molecule has 6 heteroatoms. The van der Waals surface area contributed by atoms with Crippen molar-refractivity contribution in [1.29, 1.82) is 0 Å². The van der Waals surface area contributed by atoms with E-state index in [0.717, 1.165) is 52.2 Å². The molecule has 0 saturated heterocycles. The highest BCUT2D eigenvalue weighted by Crippen LogP contribution is 2.46. The van der Waals surface area contributed by atoms with Crippen LogP contribution in [0.2, 0.25) is 5.02 Å². The third kappa shape index (κ3) is 5.46. The van der Waals surface area contributed by atoms with Crippen LogP contribution < -0.4 is 15.2 Å². The number of thioether (sulfide) groups is 1. The standard InChI is InChI=1S/C29H31ClFNO2S/c1-4-7-20(5-2)34-21-11-8-18(9-12-21)27-23-13-10-19(32)16-26(23)35-17-24(27)22-14-15-25(33-6-3)28(30)29(22)31/h8-16,20H,4-7,17,32H2,1-3H3. The van der Waals surface area contributed by atoms with Crippen molar-refractivity contribution in [2.75, 3.05) is 18.1 Å². The van der Waals surface area contributed by atoms with Crippen molar-refractivity contribution in [3.63, 3.8) is 0 Å². The van der Waals surface area contributed by atoms with Gasteiger partial charge in [0, 0.05) is 21.9 Å². The largest absolute Gasteiger partial charge is 0.492 e. The molecule has 0 fully saturated rings. The van der Waals surface area contributed by atoms with Gasteiger partial charge >= 0.3 is 0 Å². The molecule has 1 atom stereocenters. The Morgan fingerprint density at radius 3 is 2.46 bits per heavy atom. The zero-order valence-corrected chi connectivity index (χ0v) is 21.9. The van der Waals surface area contributed by atoms with Crippen LogP contribution in [-0.4, -0.2) is 18.5 Å². The summed E-state index contributed by atoms with van der Waals surface area (Å²) in [4.78, 5) is 1.08. The number of benzene rings is 3. The highest BCUT2D eigenvalue weighted by atomic mass is 35.5. The summed E-state index contributed by atoms with van der Waals surface area (Å²) in [6.07, 6.45) is 3.28. The van der Waals surface area contributed by atoms with Crippen LogP contribution in [0, 0.1) is 5.82 Å². The molecule has 0 saturated carbocycles. The van der Waals surface area contributed by atoms with Gasteiger partial charge in [-0.15, -0.1) is 11.8 Å². The van der Waals surface area contributed by atoms with Crippen molar-refractivity contribution in [1.82, 2.24) is 0 Å². The monoisotopic (exact) mass is 511 g/mol. The topological polar surface area (TPSA) is 44.5 Å². The number of hydrogen-bond donors (Lipinski definition) is 1. The van der Waals surface area contributed by atoms with Crippen LogP contribution in [0.15, 0.2) is 59.5 Å². The van der Waals surface area contributed by atoms with Crippen LogP contribution in [0.25, 0.3) is 11.1 Å². The lowest BCUT2D eigenvalue weighted by Crippen LogP contribution is -2.14. The van der Waals surface area contributed by atoms with E-state index in [0.29, 0.717) is 29.4 Å². The van der Waals surface area contributed by atoms with Crippen molar-refractivity contribution >= 4 is 40.2 Å². The third-order valence-corrected chi connectivity index (χ3v) is 7.57. The minimum Gasteiger partial charge on any atom is -0.492 e. The molecule has 1 unspecified atom stereocenters. The zero-order chi connectivity index (χ0) is 24.9. The Bertz CT molecular complexity index is 1230. The van der Waals surface area contributed by atoms with Gasteiger partial charge in [0.2, 0.25) is 0 Å². The number of halogens is 2. The predicted octanol–water partition coefficient (Wildman–Crippen LogP) is 8.48. The fraction of sp³-hybridized carbons (Fsp3) is 0.310. The lowest BCUT2D eigenvalue weighted by molar-refractivity contribution is 0.186. The molecule has 3 nitrogen and oxygen atoms in total. The Morgan fingerprint density at radius 1 is 1.03 bits per heavy atom. The minimum atomic E-state index is -0.463. The van der Waals surface area contributed by atoms with Gasteiger partial charge in [-0.2, -0.15) is 0 Å². The van der Waals surface area contributed by atoms with Gasteiger partial charge in [-0.05, 0) is 78.4 Å². The smallest absolute Gasteiger partial charge is 0.153 e. The van der Waals surface area contributed by atoms with Crippen LogP contribution in [0.1, 0.15) is 56.7 Å². The molecule has 1 aliphatic heterocycles. The van der Waals surface area contributed by atoms with Gasteiger partial charge in [0.1, 0.15) is 16.5 Å². The van der Waals surface area contributed by atoms with Crippen LogP contribution >= 0.6 is 23.4 Å². The van der Waals surface area contributed by atoms with E-state index in [1.807, 2.05) is 49.4 Å². The summed E-state index contributed by atoms with van der Waals surface area (Å²) in [5.74, 6) is 1.33. The van der Waals surface area contributed by atoms with Gasteiger partial charge in [-0.3, -0.25) is 0 Å². The van der Waals surface area contributed by atoms with Crippen LogP contribution in [0.3, 0.4) is 0 Å². The molecular formula is C29H31ClFNO2S. The lowest BCUT2D eigenvalue weighted by Gasteiger charge is -2.25. The molecule has 0 aliphatic carbocycles. The van der Waals surface area contributed by atoms with Gasteiger partial charge in [-0.1, -0.05) is 50.1 Å². The first kappa shape index (κ1) is 25.5. The summed E-state index contributed by atoms with van der Waals surface area (Å²) in [6, 6.07) is 17.5. The second-order valence-electron chi connectivity index (χ2n) is 8.53. The molecule has 1 heterocycles. The maximum Gasteiger partial charge on any atom is 0.153 e. The van der Waals surface area contributed by atoms with Crippen molar-refractivity contribution < 1.29 is 13.9 Å². The Morgan fingerprint density at radius 2 is 1.77 bits per heavy atom. The second kappa shape index (κ2) is 11.4. The van der Waals surface area contributed by atoms with E-state index in [1.54, 1.807) is 23.9 Å². The highest BCUT2D eigenvalue weighted by Gasteiger charge is 2.26. The molecule has 0 bridgehead atoms. The van der Waals surface area contributed by atoms with E-state index >= 15 is 4.39 Å². The van der Waals surface area contributed by atoms with Crippen molar-refractivity contribution in [2.45, 2.75) is 51.0 Å². The maximum atomic E-state index is 15.5. The first-order valence-corrected chi connectivity index (χ1v) is 13.5. The predicted molar refractivity (Wildman–Crippen MR) is 146 cm³/mol. The van der Waals surface area contributed by atoms with Gasteiger partial charge < -0.3 is 15.2 Å². The Kier molecular flexibility index (Phi) is 8.30. The number of hydrogen-bond acceptors (Lipinski definition) is 4. The number of rotatable bonds is 9. The van der Waals surface area contributed by atoms with Crippen molar-refractivity contribution in [3.8, 4) is 11.5 Å². The number of nitrogen functional groups attached to an aromatic ring is 1. The number of anilines is 1. The summed E-state index contributed by atoms with van der Waals surface area (Å²) in [5, 5.41) is 0.00887. The molecule has 1 aliphatic rings. The fourth-order valence-electron chi connectivity index (χ4n) is 4.38. The summed E-state index contributed by atoms with van der Waals surface area (Å²) >= 11 is 8.01. The Labute approximate surface area is 216 Å². The fourth-order valence-corrected chi connectivity index (χ4v) is 5.75.